The van der Waals surface area contributed by atoms with Gasteiger partial charge in [-0.2, -0.15) is 16.4 Å². The standard InChI is InChI=1S/C12H16BrN3S/c1-7(2)16-12(10(13)4-15-16)11(14)9-6-17-5-8(9)3/h4-7,11H,14H2,1-3H3. The second-order valence-electron chi connectivity index (χ2n) is 4.40. The summed E-state index contributed by atoms with van der Waals surface area (Å²) in [4.78, 5) is 0. The van der Waals surface area contributed by atoms with Gasteiger partial charge in [-0.3, -0.25) is 4.68 Å². The molecule has 0 saturated carbocycles. The summed E-state index contributed by atoms with van der Waals surface area (Å²) < 4.78 is 2.95. The molecule has 5 heteroatoms. The summed E-state index contributed by atoms with van der Waals surface area (Å²) in [7, 11) is 0. The molecule has 0 aliphatic rings. The predicted molar refractivity (Wildman–Crippen MR) is 75.4 cm³/mol. The van der Waals surface area contributed by atoms with Crippen molar-refractivity contribution in [3.05, 3.63) is 38.3 Å². The third-order valence-corrected chi connectivity index (χ3v) is 4.29. The van der Waals surface area contributed by atoms with Crippen molar-refractivity contribution in [2.24, 2.45) is 5.73 Å². The summed E-state index contributed by atoms with van der Waals surface area (Å²) in [5, 5.41) is 8.61. The molecule has 2 N–H and O–H groups in total. The number of rotatable bonds is 3. The Labute approximate surface area is 114 Å². The van der Waals surface area contributed by atoms with E-state index in [1.807, 2.05) is 10.9 Å². The molecule has 2 aromatic heterocycles. The Bertz CT molecular complexity index is 516. The van der Waals surface area contributed by atoms with Crippen LogP contribution in [0.25, 0.3) is 0 Å². The first-order valence-corrected chi connectivity index (χ1v) is 7.27. The number of nitrogens with two attached hydrogens (primary N) is 1. The van der Waals surface area contributed by atoms with Crippen molar-refractivity contribution >= 4 is 27.3 Å². The fourth-order valence-corrected chi connectivity index (χ4v) is 3.30. The zero-order valence-electron chi connectivity index (χ0n) is 10.1. The van der Waals surface area contributed by atoms with Crippen molar-refractivity contribution in [2.45, 2.75) is 32.9 Å². The molecule has 0 aliphatic heterocycles. The normalized spacial score (nSPS) is 13.3. The summed E-state index contributed by atoms with van der Waals surface area (Å²) in [6.07, 6.45) is 1.82. The van der Waals surface area contributed by atoms with E-state index in [1.165, 1.54) is 11.1 Å². The van der Waals surface area contributed by atoms with E-state index in [2.05, 4.69) is 52.6 Å². The van der Waals surface area contributed by atoms with Crippen LogP contribution in [0, 0.1) is 6.92 Å². The number of hydrogen-bond acceptors (Lipinski definition) is 3. The molecular weight excluding hydrogens is 298 g/mol. The Balaban J connectivity index is 2.47. The molecule has 1 unspecified atom stereocenters. The molecule has 0 saturated heterocycles. The van der Waals surface area contributed by atoms with Crippen molar-refractivity contribution in [3.8, 4) is 0 Å². The van der Waals surface area contributed by atoms with Crippen LogP contribution in [-0.2, 0) is 0 Å². The minimum atomic E-state index is -0.125. The van der Waals surface area contributed by atoms with Crippen LogP contribution in [0.1, 0.15) is 42.8 Å². The number of halogens is 1. The molecule has 1 atom stereocenters. The third kappa shape index (κ3) is 2.32. The highest BCUT2D eigenvalue weighted by Gasteiger charge is 2.21. The second-order valence-corrected chi connectivity index (χ2v) is 6.00. The Morgan fingerprint density at radius 3 is 2.65 bits per heavy atom. The average Bonchev–Trinajstić information content (AvgIpc) is 2.83. The van der Waals surface area contributed by atoms with E-state index in [1.54, 1.807) is 11.3 Å². The summed E-state index contributed by atoms with van der Waals surface area (Å²) >= 11 is 5.22. The van der Waals surface area contributed by atoms with Gasteiger partial charge in [-0.25, -0.2) is 0 Å². The van der Waals surface area contributed by atoms with E-state index in [-0.39, 0.29) is 6.04 Å². The van der Waals surface area contributed by atoms with E-state index >= 15 is 0 Å². The third-order valence-electron chi connectivity index (χ3n) is 2.80. The highest BCUT2D eigenvalue weighted by molar-refractivity contribution is 9.10. The summed E-state index contributed by atoms with van der Waals surface area (Å²) in [6.45, 7) is 6.31. The fourth-order valence-electron chi connectivity index (χ4n) is 1.89. The molecule has 2 aromatic rings. The fraction of sp³-hybridized carbons (Fsp3) is 0.417. The van der Waals surface area contributed by atoms with Crippen molar-refractivity contribution in [1.82, 2.24) is 9.78 Å². The van der Waals surface area contributed by atoms with E-state index in [0.717, 1.165) is 10.2 Å². The Morgan fingerprint density at radius 1 is 1.41 bits per heavy atom. The number of aryl methyl sites for hydroxylation is 1. The Hall–Kier alpha value is -0.650. The zero-order valence-corrected chi connectivity index (χ0v) is 12.5. The first-order chi connectivity index (χ1) is 8.02. The van der Waals surface area contributed by atoms with Gasteiger partial charge in [0.1, 0.15) is 0 Å². The second kappa shape index (κ2) is 4.92. The molecule has 2 heterocycles. The maximum atomic E-state index is 6.36. The number of nitrogens with zero attached hydrogens (tertiary/aromatic N) is 2. The highest BCUT2D eigenvalue weighted by atomic mass is 79.9. The van der Waals surface area contributed by atoms with Gasteiger partial charge >= 0.3 is 0 Å². The van der Waals surface area contributed by atoms with Crippen LogP contribution in [0.4, 0.5) is 0 Å². The van der Waals surface area contributed by atoms with Gasteiger partial charge in [-0.1, -0.05) is 0 Å². The van der Waals surface area contributed by atoms with Crippen molar-refractivity contribution in [3.63, 3.8) is 0 Å². The van der Waals surface area contributed by atoms with Crippen LogP contribution in [0.15, 0.2) is 21.4 Å². The van der Waals surface area contributed by atoms with Gasteiger partial charge in [0, 0.05) is 6.04 Å². The van der Waals surface area contributed by atoms with Gasteiger partial charge in [-0.05, 0) is 58.6 Å². The Morgan fingerprint density at radius 2 is 2.12 bits per heavy atom. The molecule has 0 bridgehead atoms. The lowest BCUT2D eigenvalue weighted by atomic mass is 10.0. The first-order valence-electron chi connectivity index (χ1n) is 5.53. The van der Waals surface area contributed by atoms with Crippen LogP contribution in [-0.4, -0.2) is 9.78 Å². The number of aromatic nitrogens is 2. The molecule has 0 fully saturated rings. The van der Waals surface area contributed by atoms with Gasteiger partial charge in [0.2, 0.25) is 0 Å². The SMILES string of the molecule is Cc1cscc1C(N)c1c(Br)cnn1C(C)C. The van der Waals surface area contributed by atoms with Crippen molar-refractivity contribution in [2.75, 3.05) is 0 Å². The molecular formula is C12H16BrN3S. The van der Waals surface area contributed by atoms with E-state index in [0.29, 0.717) is 6.04 Å². The van der Waals surface area contributed by atoms with E-state index in [9.17, 15) is 0 Å². The molecule has 0 amide bonds. The number of thiophene rings is 1. The highest BCUT2D eigenvalue weighted by Crippen LogP contribution is 2.31. The lowest BCUT2D eigenvalue weighted by molar-refractivity contribution is 0.498. The molecule has 2 rings (SSSR count). The van der Waals surface area contributed by atoms with Gasteiger partial charge < -0.3 is 5.73 Å². The summed E-state index contributed by atoms with van der Waals surface area (Å²) in [5.74, 6) is 0. The maximum Gasteiger partial charge on any atom is 0.0745 e. The predicted octanol–water partition coefficient (Wildman–Crippen LogP) is 3.64. The van der Waals surface area contributed by atoms with Crippen LogP contribution in [0.5, 0.6) is 0 Å². The van der Waals surface area contributed by atoms with Crippen LogP contribution in [0.3, 0.4) is 0 Å². The van der Waals surface area contributed by atoms with Gasteiger partial charge in [-0.15, -0.1) is 0 Å². The molecule has 0 spiro atoms. The monoisotopic (exact) mass is 313 g/mol. The van der Waals surface area contributed by atoms with Crippen LogP contribution >= 0.6 is 27.3 Å². The number of hydrogen-bond donors (Lipinski definition) is 1. The molecule has 92 valence electrons. The summed E-state index contributed by atoms with van der Waals surface area (Å²) in [5.41, 5.74) is 9.82. The van der Waals surface area contributed by atoms with Gasteiger partial charge in [0.25, 0.3) is 0 Å². The van der Waals surface area contributed by atoms with Crippen LogP contribution < -0.4 is 5.73 Å². The topological polar surface area (TPSA) is 43.8 Å². The lowest BCUT2D eigenvalue weighted by Crippen LogP contribution is -2.19. The molecule has 0 radical (unpaired) electrons. The first kappa shape index (κ1) is 12.8. The quantitative estimate of drug-likeness (QED) is 0.940. The van der Waals surface area contributed by atoms with Gasteiger partial charge in [0.15, 0.2) is 0 Å². The smallest absolute Gasteiger partial charge is 0.0745 e. The van der Waals surface area contributed by atoms with Crippen LogP contribution in [0.2, 0.25) is 0 Å². The van der Waals surface area contributed by atoms with E-state index < -0.39 is 0 Å². The maximum absolute atomic E-state index is 6.36. The van der Waals surface area contributed by atoms with E-state index in [4.69, 9.17) is 5.73 Å². The lowest BCUT2D eigenvalue weighted by Gasteiger charge is -2.17. The summed E-state index contributed by atoms with van der Waals surface area (Å²) in [6, 6.07) is 0.182. The Kier molecular flexibility index (Phi) is 3.70. The molecule has 17 heavy (non-hydrogen) atoms. The van der Waals surface area contributed by atoms with Crippen molar-refractivity contribution < 1.29 is 0 Å². The van der Waals surface area contributed by atoms with Crippen molar-refractivity contribution in [1.29, 1.82) is 0 Å². The largest absolute Gasteiger partial charge is 0.319 e. The molecule has 0 aliphatic carbocycles. The van der Waals surface area contributed by atoms with Gasteiger partial charge in [0.05, 0.1) is 22.4 Å². The minimum absolute atomic E-state index is 0.125. The minimum Gasteiger partial charge on any atom is -0.319 e. The molecule has 3 nitrogen and oxygen atoms in total. The molecule has 0 aromatic carbocycles. The average molecular weight is 314 g/mol. The zero-order chi connectivity index (χ0) is 12.6.